The van der Waals surface area contributed by atoms with Gasteiger partial charge in [0.1, 0.15) is 0 Å². The van der Waals surface area contributed by atoms with Crippen molar-refractivity contribution in [3.63, 3.8) is 0 Å². The smallest absolute Gasteiger partial charge is 0.0283 e. The van der Waals surface area contributed by atoms with E-state index in [-0.39, 0.29) is 0 Å². The Balaban J connectivity index is 2.45. The number of hydrogen-bond acceptors (Lipinski definition) is 0. The fourth-order valence-corrected chi connectivity index (χ4v) is 1.74. The van der Waals surface area contributed by atoms with Crippen LogP contribution in [0.4, 0.5) is 0 Å². The predicted octanol–water partition coefficient (Wildman–Crippen LogP) is 3.15. The van der Waals surface area contributed by atoms with Crippen LogP contribution in [0.25, 0.3) is 6.08 Å². The maximum Gasteiger partial charge on any atom is 0.0283 e. The minimum Gasteiger partial charge on any atom is -0.0876 e. The van der Waals surface area contributed by atoms with Gasteiger partial charge < -0.3 is 0 Å². The first kappa shape index (κ1) is 7.11. The standard InChI is InChI=1S/C10H9Br/c11-7-8-4-5-9-2-1-3-10(9)6-8/h1-2,4-6H,3,7H2. The second-order valence-corrected chi connectivity index (χ2v) is 3.33. The van der Waals surface area contributed by atoms with E-state index in [1.165, 1.54) is 16.7 Å². The van der Waals surface area contributed by atoms with Gasteiger partial charge in [-0.25, -0.2) is 0 Å². The molecule has 0 heterocycles. The lowest BCUT2D eigenvalue weighted by atomic mass is 10.1. The van der Waals surface area contributed by atoms with Crippen molar-refractivity contribution in [2.75, 3.05) is 0 Å². The van der Waals surface area contributed by atoms with Crippen LogP contribution >= 0.6 is 15.9 Å². The molecule has 56 valence electrons. The molecule has 1 aliphatic carbocycles. The van der Waals surface area contributed by atoms with Crippen molar-refractivity contribution < 1.29 is 0 Å². The third-order valence-corrected chi connectivity index (χ3v) is 2.64. The van der Waals surface area contributed by atoms with Gasteiger partial charge in [0.15, 0.2) is 0 Å². The molecule has 1 aliphatic rings. The van der Waals surface area contributed by atoms with Crippen LogP contribution in [0.1, 0.15) is 16.7 Å². The maximum absolute atomic E-state index is 3.45. The Morgan fingerprint density at radius 2 is 2.27 bits per heavy atom. The summed E-state index contributed by atoms with van der Waals surface area (Å²) in [5, 5.41) is 0.959. The molecule has 0 saturated carbocycles. The molecule has 2 rings (SSSR count). The van der Waals surface area contributed by atoms with E-state index in [0.717, 1.165) is 11.8 Å². The lowest BCUT2D eigenvalue weighted by molar-refractivity contribution is 1.27. The molecule has 0 aliphatic heterocycles. The SMILES string of the molecule is BrCc1ccc2c(c1)CC=C2. The van der Waals surface area contributed by atoms with Gasteiger partial charge in [-0.1, -0.05) is 46.3 Å². The van der Waals surface area contributed by atoms with Gasteiger partial charge in [0.05, 0.1) is 0 Å². The van der Waals surface area contributed by atoms with E-state index in [4.69, 9.17) is 0 Å². The molecule has 0 radical (unpaired) electrons. The first-order valence-corrected chi connectivity index (χ1v) is 4.86. The number of benzene rings is 1. The summed E-state index contributed by atoms with van der Waals surface area (Å²) in [6.07, 6.45) is 5.51. The molecule has 0 unspecified atom stereocenters. The van der Waals surface area contributed by atoms with E-state index in [1.807, 2.05) is 0 Å². The molecule has 0 fully saturated rings. The zero-order valence-electron chi connectivity index (χ0n) is 6.18. The summed E-state index contributed by atoms with van der Waals surface area (Å²) in [6, 6.07) is 6.63. The van der Waals surface area contributed by atoms with Crippen molar-refractivity contribution in [2.45, 2.75) is 11.8 Å². The summed E-state index contributed by atoms with van der Waals surface area (Å²) >= 11 is 3.45. The summed E-state index contributed by atoms with van der Waals surface area (Å²) in [6.45, 7) is 0. The van der Waals surface area contributed by atoms with Crippen LogP contribution < -0.4 is 0 Å². The van der Waals surface area contributed by atoms with Gasteiger partial charge in [-0.15, -0.1) is 0 Å². The minimum atomic E-state index is 0.959. The van der Waals surface area contributed by atoms with Crippen molar-refractivity contribution in [3.8, 4) is 0 Å². The molecule has 0 aromatic heterocycles. The van der Waals surface area contributed by atoms with Gasteiger partial charge in [-0.05, 0) is 23.1 Å². The van der Waals surface area contributed by atoms with Crippen LogP contribution in [0, 0.1) is 0 Å². The number of halogens is 1. The van der Waals surface area contributed by atoms with Gasteiger partial charge in [0, 0.05) is 5.33 Å². The zero-order valence-corrected chi connectivity index (χ0v) is 7.76. The van der Waals surface area contributed by atoms with Gasteiger partial charge in [-0.3, -0.25) is 0 Å². The molecule has 0 amide bonds. The Morgan fingerprint density at radius 1 is 1.36 bits per heavy atom. The van der Waals surface area contributed by atoms with E-state index in [0.29, 0.717) is 0 Å². The average molecular weight is 209 g/mol. The molecular weight excluding hydrogens is 200 g/mol. The Bertz CT molecular complexity index is 300. The summed E-state index contributed by atoms with van der Waals surface area (Å²) in [7, 11) is 0. The molecule has 1 aromatic carbocycles. The second-order valence-electron chi connectivity index (χ2n) is 2.77. The summed E-state index contributed by atoms with van der Waals surface area (Å²) in [4.78, 5) is 0. The number of fused-ring (bicyclic) bond motifs is 1. The molecule has 0 saturated heterocycles. The maximum atomic E-state index is 3.45. The van der Waals surface area contributed by atoms with E-state index < -0.39 is 0 Å². The van der Waals surface area contributed by atoms with Crippen molar-refractivity contribution in [1.29, 1.82) is 0 Å². The van der Waals surface area contributed by atoms with E-state index >= 15 is 0 Å². The van der Waals surface area contributed by atoms with Crippen LogP contribution in [0.5, 0.6) is 0 Å². The third-order valence-electron chi connectivity index (χ3n) is 2.00. The molecule has 11 heavy (non-hydrogen) atoms. The topological polar surface area (TPSA) is 0 Å². The van der Waals surface area contributed by atoms with E-state index in [9.17, 15) is 0 Å². The Labute approximate surface area is 75.1 Å². The van der Waals surface area contributed by atoms with Gasteiger partial charge in [0.25, 0.3) is 0 Å². The van der Waals surface area contributed by atoms with Crippen molar-refractivity contribution in [3.05, 3.63) is 41.0 Å². The third kappa shape index (κ3) is 1.25. The van der Waals surface area contributed by atoms with Gasteiger partial charge in [-0.2, -0.15) is 0 Å². The van der Waals surface area contributed by atoms with Gasteiger partial charge in [0.2, 0.25) is 0 Å². The molecule has 1 heteroatoms. The molecule has 0 atom stereocenters. The normalized spacial score (nSPS) is 13.5. The summed E-state index contributed by atoms with van der Waals surface area (Å²) in [5.41, 5.74) is 4.21. The largest absolute Gasteiger partial charge is 0.0876 e. The van der Waals surface area contributed by atoms with Crippen molar-refractivity contribution >= 4 is 22.0 Å². The quantitative estimate of drug-likeness (QED) is 0.623. The Hall–Kier alpha value is -0.560. The van der Waals surface area contributed by atoms with Crippen LogP contribution in [-0.2, 0) is 11.8 Å². The zero-order chi connectivity index (χ0) is 7.68. The highest BCUT2D eigenvalue weighted by molar-refractivity contribution is 9.08. The molecule has 1 aromatic rings. The lowest BCUT2D eigenvalue weighted by Gasteiger charge is -2.00. The fraction of sp³-hybridized carbons (Fsp3) is 0.200. The highest BCUT2D eigenvalue weighted by Gasteiger charge is 2.03. The van der Waals surface area contributed by atoms with Crippen molar-refractivity contribution in [1.82, 2.24) is 0 Å². The fourth-order valence-electron chi connectivity index (χ4n) is 1.39. The number of allylic oxidation sites excluding steroid dienone is 1. The Kier molecular flexibility index (Phi) is 1.82. The summed E-state index contributed by atoms with van der Waals surface area (Å²) < 4.78 is 0. The molecule has 0 N–H and O–H groups in total. The average Bonchev–Trinajstić information content (AvgIpc) is 2.50. The summed E-state index contributed by atoms with van der Waals surface area (Å²) in [5.74, 6) is 0. The first-order valence-electron chi connectivity index (χ1n) is 3.74. The van der Waals surface area contributed by atoms with E-state index in [1.54, 1.807) is 0 Å². The Morgan fingerprint density at radius 3 is 3.09 bits per heavy atom. The minimum absolute atomic E-state index is 0.959. The highest BCUT2D eigenvalue weighted by Crippen LogP contribution is 2.21. The monoisotopic (exact) mass is 208 g/mol. The van der Waals surface area contributed by atoms with Crippen LogP contribution in [-0.4, -0.2) is 0 Å². The molecule has 0 spiro atoms. The van der Waals surface area contributed by atoms with Gasteiger partial charge >= 0.3 is 0 Å². The number of hydrogen-bond donors (Lipinski definition) is 0. The molecule has 0 bridgehead atoms. The van der Waals surface area contributed by atoms with Crippen LogP contribution in [0.2, 0.25) is 0 Å². The number of alkyl halides is 1. The molecule has 0 nitrogen and oxygen atoms in total. The van der Waals surface area contributed by atoms with Crippen LogP contribution in [0.3, 0.4) is 0 Å². The molecular formula is C10H9Br. The predicted molar refractivity (Wildman–Crippen MR) is 51.8 cm³/mol. The first-order chi connectivity index (χ1) is 5.40. The second kappa shape index (κ2) is 2.82. The van der Waals surface area contributed by atoms with Crippen LogP contribution in [0.15, 0.2) is 24.3 Å². The number of rotatable bonds is 1. The lowest BCUT2D eigenvalue weighted by Crippen LogP contribution is -1.84. The highest BCUT2D eigenvalue weighted by atomic mass is 79.9. The van der Waals surface area contributed by atoms with E-state index in [2.05, 4.69) is 46.3 Å². The van der Waals surface area contributed by atoms with Crippen molar-refractivity contribution in [2.24, 2.45) is 0 Å².